The number of aromatic nitrogens is 3. The molecule has 3 rings (SSSR count). The number of methoxy groups -OCH3 is 1. The van der Waals surface area contributed by atoms with Gasteiger partial charge in [0.15, 0.2) is 0 Å². The summed E-state index contributed by atoms with van der Waals surface area (Å²) in [5.41, 5.74) is 1.49. The van der Waals surface area contributed by atoms with E-state index in [1.165, 1.54) is 11.3 Å². The summed E-state index contributed by atoms with van der Waals surface area (Å²) in [5, 5.41) is 13.2. The second kappa shape index (κ2) is 7.35. The SMILES string of the molecule is CCOC(=O)CCc1nnc(-c2nccs2)c2cc(OC)ccc12. The first kappa shape index (κ1) is 16.3. The van der Waals surface area contributed by atoms with Gasteiger partial charge in [-0.3, -0.25) is 4.79 Å². The standard InChI is InChI=1S/C17H17N3O3S/c1-3-23-15(21)7-6-14-12-5-4-11(22-2)10-13(12)16(20-19-14)17-18-8-9-24-17/h4-5,8-10H,3,6-7H2,1-2H3. The molecule has 0 unspecified atom stereocenters. The van der Waals surface area contributed by atoms with Gasteiger partial charge in [0, 0.05) is 28.8 Å². The van der Waals surface area contributed by atoms with E-state index in [0.717, 1.165) is 32.9 Å². The summed E-state index contributed by atoms with van der Waals surface area (Å²) in [5.74, 6) is 0.509. The Hall–Kier alpha value is -2.54. The summed E-state index contributed by atoms with van der Waals surface area (Å²) in [6.07, 6.45) is 2.50. The summed E-state index contributed by atoms with van der Waals surface area (Å²) in [4.78, 5) is 15.9. The molecule has 124 valence electrons. The summed E-state index contributed by atoms with van der Waals surface area (Å²) in [7, 11) is 1.63. The average molecular weight is 343 g/mol. The van der Waals surface area contributed by atoms with Crippen LogP contribution in [-0.4, -0.2) is 34.9 Å². The number of nitrogens with zero attached hydrogens (tertiary/aromatic N) is 3. The molecule has 24 heavy (non-hydrogen) atoms. The first-order chi connectivity index (χ1) is 11.7. The molecule has 0 N–H and O–H groups in total. The van der Waals surface area contributed by atoms with Crippen molar-refractivity contribution in [3.05, 3.63) is 35.5 Å². The van der Waals surface area contributed by atoms with Crippen LogP contribution in [0.15, 0.2) is 29.8 Å². The van der Waals surface area contributed by atoms with Crippen LogP contribution in [0.4, 0.5) is 0 Å². The molecule has 3 aromatic rings. The van der Waals surface area contributed by atoms with E-state index in [2.05, 4.69) is 15.2 Å². The number of benzene rings is 1. The molecule has 2 aromatic heterocycles. The second-order valence-electron chi connectivity index (χ2n) is 5.05. The molecular weight excluding hydrogens is 326 g/mol. The zero-order valence-corrected chi connectivity index (χ0v) is 14.3. The van der Waals surface area contributed by atoms with Gasteiger partial charge in [-0.2, -0.15) is 5.10 Å². The fourth-order valence-corrected chi connectivity index (χ4v) is 3.09. The number of fused-ring (bicyclic) bond motifs is 1. The smallest absolute Gasteiger partial charge is 0.306 e. The zero-order chi connectivity index (χ0) is 16.9. The third kappa shape index (κ3) is 3.35. The predicted molar refractivity (Wildman–Crippen MR) is 92.2 cm³/mol. The van der Waals surface area contributed by atoms with Crippen LogP contribution in [0.3, 0.4) is 0 Å². The first-order valence-corrected chi connectivity index (χ1v) is 8.49. The lowest BCUT2D eigenvalue weighted by atomic mass is 10.1. The van der Waals surface area contributed by atoms with Gasteiger partial charge in [-0.25, -0.2) is 4.98 Å². The van der Waals surface area contributed by atoms with Crippen molar-refractivity contribution in [2.75, 3.05) is 13.7 Å². The molecule has 1 aromatic carbocycles. The highest BCUT2D eigenvalue weighted by atomic mass is 32.1. The van der Waals surface area contributed by atoms with Gasteiger partial charge in [0.2, 0.25) is 0 Å². The molecule has 0 aliphatic heterocycles. The Morgan fingerprint density at radius 2 is 2.12 bits per heavy atom. The lowest BCUT2D eigenvalue weighted by molar-refractivity contribution is -0.143. The summed E-state index contributed by atoms with van der Waals surface area (Å²) in [6, 6.07) is 5.75. The minimum atomic E-state index is -0.232. The fraction of sp³-hybridized carbons (Fsp3) is 0.294. The molecule has 2 heterocycles. The number of ether oxygens (including phenoxy) is 2. The van der Waals surface area contributed by atoms with Gasteiger partial charge in [-0.05, 0) is 25.1 Å². The summed E-state index contributed by atoms with van der Waals surface area (Å²) >= 11 is 1.51. The molecule has 0 amide bonds. The van der Waals surface area contributed by atoms with E-state index in [0.29, 0.717) is 13.0 Å². The second-order valence-corrected chi connectivity index (χ2v) is 5.94. The van der Waals surface area contributed by atoms with Crippen LogP contribution in [0.2, 0.25) is 0 Å². The van der Waals surface area contributed by atoms with Crippen LogP contribution >= 0.6 is 11.3 Å². The number of esters is 1. The van der Waals surface area contributed by atoms with Gasteiger partial charge in [-0.15, -0.1) is 16.4 Å². The van der Waals surface area contributed by atoms with E-state index in [-0.39, 0.29) is 12.4 Å². The average Bonchev–Trinajstić information content (AvgIpc) is 3.13. The quantitative estimate of drug-likeness (QED) is 0.640. The van der Waals surface area contributed by atoms with Gasteiger partial charge < -0.3 is 9.47 Å². The third-order valence-corrected chi connectivity index (χ3v) is 4.35. The Balaban J connectivity index is 2.03. The van der Waals surface area contributed by atoms with Crippen LogP contribution in [0, 0.1) is 0 Å². The van der Waals surface area contributed by atoms with E-state index in [1.807, 2.05) is 23.6 Å². The number of carbonyl (C=O) groups is 1. The van der Waals surface area contributed by atoms with Gasteiger partial charge in [0.25, 0.3) is 0 Å². The normalized spacial score (nSPS) is 10.8. The molecule has 0 saturated carbocycles. The van der Waals surface area contributed by atoms with Gasteiger partial charge in [-0.1, -0.05) is 0 Å². The Kier molecular flexibility index (Phi) is 5.00. The Morgan fingerprint density at radius 1 is 1.25 bits per heavy atom. The minimum Gasteiger partial charge on any atom is -0.497 e. The molecule has 0 radical (unpaired) electrons. The Morgan fingerprint density at radius 3 is 2.83 bits per heavy atom. The first-order valence-electron chi connectivity index (χ1n) is 7.61. The van der Waals surface area contributed by atoms with E-state index in [9.17, 15) is 4.79 Å². The molecule has 0 aliphatic rings. The highest BCUT2D eigenvalue weighted by molar-refractivity contribution is 7.13. The van der Waals surface area contributed by atoms with Crippen molar-refractivity contribution in [3.63, 3.8) is 0 Å². The largest absolute Gasteiger partial charge is 0.497 e. The van der Waals surface area contributed by atoms with Crippen LogP contribution in [-0.2, 0) is 16.0 Å². The summed E-state index contributed by atoms with van der Waals surface area (Å²) < 4.78 is 10.3. The van der Waals surface area contributed by atoms with E-state index in [1.54, 1.807) is 20.2 Å². The molecule has 0 saturated heterocycles. The molecule has 0 aliphatic carbocycles. The minimum absolute atomic E-state index is 0.232. The number of hydrogen-bond acceptors (Lipinski definition) is 7. The van der Waals surface area contributed by atoms with E-state index >= 15 is 0 Å². The fourth-order valence-electron chi connectivity index (χ4n) is 2.45. The topological polar surface area (TPSA) is 74.2 Å². The van der Waals surface area contributed by atoms with Gasteiger partial charge >= 0.3 is 5.97 Å². The number of rotatable bonds is 6. The highest BCUT2D eigenvalue weighted by Gasteiger charge is 2.15. The van der Waals surface area contributed by atoms with E-state index < -0.39 is 0 Å². The van der Waals surface area contributed by atoms with Crippen molar-refractivity contribution in [2.24, 2.45) is 0 Å². The predicted octanol–water partition coefficient (Wildman–Crippen LogP) is 3.26. The molecule has 7 heteroatoms. The molecule has 0 atom stereocenters. The molecule has 0 bridgehead atoms. The lowest BCUT2D eigenvalue weighted by Gasteiger charge is -2.09. The Labute approximate surface area is 143 Å². The van der Waals surface area contributed by atoms with Crippen LogP contribution in [0.1, 0.15) is 19.0 Å². The third-order valence-electron chi connectivity index (χ3n) is 3.57. The summed E-state index contributed by atoms with van der Waals surface area (Å²) in [6.45, 7) is 2.17. The van der Waals surface area contributed by atoms with Crippen molar-refractivity contribution < 1.29 is 14.3 Å². The Bertz CT molecular complexity index is 850. The molecular formula is C17H17N3O3S. The van der Waals surface area contributed by atoms with Crippen molar-refractivity contribution in [1.29, 1.82) is 0 Å². The van der Waals surface area contributed by atoms with Crippen molar-refractivity contribution in [2.45, 2.75) is 19.8 Å². The van der Waals surface area contributed by atoms with Crippen molar-refractivity contribution in [3.8, 4) is 16.5 Å². The maximum Gasteiger partial charge on any atom is 0.306 e. The maximum atomic E-state index is 11.6. The molecule has 0 spiro atoms. The number of thiazole rings is 1. The monoisotopic (exact) mass is 343 g/mol. The number of hydrogen-bond donors (Lipinski definition) is 0. The zero-order valence-electron chi connectivity index (χ0n) is 13.5. The van der Waals surface area contributed by atoms with Crippen molar-refractivity contribution in [1.82, 2.24) is 15.2 Å². The maximum absolute atomic E-state index is 11.6. The number of aryl methyl sites for hydroxylation is 1. The van der Waals surface area contributed by atoms with Crippen LogP contribution in [0.5, 0.6) is 5.75 Å². The lowest BCUT2D eigenvalue weighted by Crippen LogP contribution is -2.07. The van der Waals surface area contributed by atoms with Gasteiger partial charge in [0.1, 0.15) is 16.5 Å². The highest BCUT2D eigenvalue weighted by Crippen LogP contribution is 2.31. The van der Waals surface area contributed by atoms with Crippen LogP contribution in [0.25, 0.3) is 21.5 Å². The number of carbonyl (C=O) groups excluding carboxylic acids is 1. The van der Waals surface area contributed by atoms with E-state index in [4.69, 9.17) is 9.47 Å². The molecule has 6 nitrogen and oxygen atoms in total. The van der Waals surface area contributed by atoms with Gasteiger partial charge in [0.05, 0.1) is 25.8 Å². The molecule has 0 fully saturated rings. The van der Waals surface area contributed by atoms with Crippen molar-refractivity contribution >= 4 is 28.1 Å². The van der Waals surface area contributed by atoms with Crippen LogP contribution < -0.4 is 4.74 Å².